The molecule has 2 rings (SSSR count). The van der Waals surface area contributed by atoms with Crippen LogP contribution in [0.5, 0.6) is 11.5 Å². The molecule has 0 saturated heterocycles. The third-order valence-electron chi connectivity index (χ3n) is 4.92. The number of rotatable bonds is 13. The molecule has 2 atom stereocenters. The Morgan fingerprint density at radius 2 is 0.906 bits per heavy atom. The molecule has 2 N–H and O–H groups in total. The Bertz CT molecular complexity index is 742. The molecule has 6 heteroatoms. The highest BCUT2D eigenvalue weighted by atomic mass is 16.5. The Hall–Kier alpha value is -2.12. The van der Waals surface area contributed by atoms with Crippen molar-refractivity contribution < 1.29 is 29.2 Å². The molecule has 0 aliphatic rings. The second-order valence-electron chi connectivity index (χ2n) is 8.42. The van der Waals surface area contributed by atoms with Crippen molar-refractivity contribution in [2.24, 2.45) is 0 Å². The van der Waals surface area contributed by atoms with Gasteiger partial charge < -0.3 is 29.2 Å². The molecule has 0 fully saturated rings. The fourth-order valence-electron chi connectivity index (χ4n) is 3.60. The third-order valence-corrected chi connectivity index (χ3v) is 4.92. The van der Waals surface area contributed by atoms with E-state index in [1.165, 1.54) is 0 Å². The number of aryl methyl sites for hydroxylation is 4. The van der Waals surface area contributed by atoms with Gasteiger partial charge in [-0.05, 0) is 99.2 Å². The lowest BCUT2D eigenvalue weighted by Crippen LogP contribution is -2.15. The lowest BCUT2D eigenvalue weighted by Gasteiger charge is -2.17. The SMILES string of the molecule is Cc1cc(-c2cc(C)c(OCCOCC(C)O)c(C)c2)cc(C)c1OCCOCC(C)O. The molecule has 0 bridgehead atoms. The summed E-state index contributed by atoms with van der Waals surface area (Å²) in [6.07, 6.45) is -0.935. The van der Waals surface area contributed by atoms with Gasteiger partial charge in [0.2, 0.25) is 0 Å². The minimum Gasteiger partial charge on any atom is -0.491 e. The highest BCUT2D eigenvalue weighted by Crippen LogP contribution is 2.34. The van der Waals surface area contributed by atoms with Crippen LogP contribution in [0.1, 0.15) is 36.1 Å². The molecule has 178 valence electrons. The summed E-state index contributed by atoms with van der Waals surface area (Å²) in [7, 11) is 0. The first-order chi connectivity index (χ1) is 15.2. The van der Waals surface area contributed by atoms with E-state index < -0.39 is 12.2 Å². The van der Waals surface area contributed by atoms with Crippen LogP contribution in [0.4, 0.5) is 0 Å². The molecular formula is C26H38O6. The van der Waals surface area contributed by atoms with Crippen molar-refractivity contribution in [1.29, 1.82) is 0 Å². The molecule has 0 radical (unpaired) electrons. The first-order valence-corrected chi connectivity index (χ1v) is 11.2. The van der Waals surface area contributed by atoms with Crippen LogP contribution in [0.25, 0.3) is 11.1 Å². The summed E-state index contributed by atoms with van der Waals surface area (Å²) in [5.74, 6) is 1.75. The molecule has 2 aromatic rings. The zero-order valence-corrected chi connectivity index (χ0v) is 20.2. The van der Waals surface area contributed by atoms with Crippen molar-refractivity contribution >= 4 is 0 Å². The van der Waals surface area contributed by atoms with Gasteiger partial charge in [-0.2, -0.15) is 0 Å². The fraction of sp³-hybridized carbons (Fsp3) is 0.538. The maximum absolute atomic E-state index is 9.25. The Kier molecular flexibility index (Phi) is 10.5. The molecule has 0 heterocycles. The predicted molar refractivity (Wildman–Crippen MR) is 127 cm³/mol. The summed E-state index contributed by atoms with van der Waals surface area (Å²) in [6, 6.07) is 8.55. The Balaban J connectivity index is 2.04. The Labute approximate surface area is 192 Å². The van der Waals surface area contributed by atoms with Gasteiger partial charge in [0, 0.05) is 0 Å². The van der Waals surface area contributed by atoms with Gasteiger partial charge in [-0.1, -0.05) is 0 Å². The molecule has 32 heavy (non-hydrogen) atoms. The molecule has 2 aromatic carbocycles. The summed E-state index contributed by atoms with van der Waals surface area (Å²) in [5, 5.41) is 18.5. The van der Waals surface area contributed by atoms with E-state index in [1.54, 1.807) is 13.8 Å². The molecule has 6 nitrogen and oxygen atoms in total. The second-order valence-corrected chi connectivity index (χ2v) is 8.42. The number of aliphatic hydroxyl groups excluding tert-OH is 2. The molecular weight excluding hydrogens is 408 g/mol. The average Bonchev–Trinajstić information content (AvgIpc) is 2.70. The van der Waals surface area contributed by atoms with Crippen molar-refractivity contribution in [3.05, 3.63) is 46.5 Å². The smallest absolute Gasteiger partial charge is 0.125 e. The van der Waals surface area contributed by atoms with Crippen LogP contribution in [-0.2, 0) is 9.47 Å². The highest BCUT2D eigenvalue weighted by Gasteiger charge is 2.12. The van der Waals surface area contributed by atoms with Gasteiger partial charge >= 0.3 is 0 Å². The van der Waals surface area contributed by atoms with Crippen molar-refractivity contribution in [1.82, 2.24) is 0 Å². The van der Waals surface area contributed by atoms with Gasteiger partial charge in [-0.15, -0.1) is 0 Å². The van der Waals surface area contributed by atoms with E-state index in [1.807, 2.05) is 27.7 Å². The van der Waals surface area contributed by atoms with Crippen LogP contribution in [0.2, 0.25) is 0 Å². The second kappa shape index (κ2) is 12.8. The monoisotopic (exact) mass is 446 g/mol. The molecule has 2 unspecified atom stereocenters. The molecule has 0 aliphatic heterocycles. The minimum absolute atomic E-state index is 0.313. The predicted octanol–water partition coefficient (Wildman–Crippen LogP) is 4.14. The van der Waals surface area contributed by atoms with E-state index in [2.05, 4.69) is 24.3 Å². The lowest BCUT2D eigenvalue weighted by molar-refractivity contribution is 0.0326. The van der Waals surface area contributed by atoms with Crippen LogP contribution >= 0.6 is 0 Å². The van der Waals surface area contributed by atoms with Gasteiger partial charge in [-0.25, -0.2) is 0 Å². The van der Waals surface area contributed by atoms with E-state index in [-0.39, 0.29) is 0 Å². The van der Waals surface area contributed by atoms with Crippen LogP contribution in [0, 0.1) is 27.7 Å². The Morgan fingerprint density at radius 1 is 0.594 bits per heavy atom. The maximum atomic E-state index is 9.25. The number of aliphatic hydroxyl groups is 2. The summed E-state index contributed by atoms with van der Waals surface area (Å²) < 4.78 is 22.6. The number of ether oxygens (including phenoxy) is 4. The summed E-state index contributed by atoms with van der Waals surface area (Å²) >= 11 is 0. The van der Waals surface area contributed by atoms with Crippen molar-refractivity contribution in [3.8, 4) is 22.6 Å². The summed E-state index contributed by atoms with van der Waals surface area (Å²) in [4.78, 5) is 0. The topological polar surface area (TPSA) is 77.4 Å². The Morgan fingerprint density at radius 3 is 1.19 bits per heavy atom. The molecule has 0 spiro atoms. The molecule has 0 saturated carbocycles. The highest BCUT2D eigenvalue weighted by molar-refractivity contribution is 5.70. The maximum Gasteiger partial charge on any atom is 0.125 e. The van der Waals surface area contributed by atoms with Crippen molar-refractivity contribution in [2.45, 2.75) is 53.8 Å². The molecule has 0 amide bonds. The lowest BCUT2D eigenvalue weighted by atomic mass is 9.96. The van der Waals surface area contributed by atoms with E-state index >= 15 is 0 Å². The number of hydrogen-bond donors (Lipinski definition) is 2. The van der Waals surface area contributed by atoms with Crippen LogP contribution in [0.15, 0.2) is 24.3 Å². The van der Waals surface area contributed by atoms with E-state index in [9.17, 15) is 10.2 Å². The number of benzene rings is 2. The van der Waals surface area contributed by atoms with Gasteiger partial charge in [0.25, 0.3) is 0 Å². The molecule has 0 aliphatic carbocycles. The van der Waals surface area contributed by atoms with E-state index in [4.69, 9.17) is 18.9 Å². The first kappa shape index (κ1) is 26.1. The van der Waals surface area contributed by atoms with Gasteiger partial charge in [0.15, 0.2) is 0 Å². The zero-order chi connectivity index (χ0) is 23.7. The van der Waals surface area contributed by atoms with Gasteiger partial charge in [-0.3, -0.25) is 0 Å². The normalized spacial score (nSPS) is 13.1. The largest absolute Gasteiger partial charge is 0.491 e. The van der Waals surface area contributed by atoms with Gasteiger partial charge in [0.05, 0.1) is 38.6 Å². The zero-order valence-electron chi connectivity index (χ0n) is 20.2. The van der Waals surface area contributed by atoms with E-state index in [0.717, 1.165) is 44.9 Å². The van der Waals surface area contributed by atoms with E-state index in [0.29, 0.717) is 39.6 Å². The number of hydrogen-bond acceptors (Lipinski definition) is 6. The van der Waals surface area contributed by atoms with Crippen LogP contribution in [0.3, 0.4) is 0 Å². The quantitative estimate of drug-likeness (QED) is 0.451. The fourth-order valence-corrected chi connectivity index (χ4v) is 3.60. The standard InChI is InChI=1S/C26H38O6/c1-17-11-23(12-18(2)25(17)31-9-7-29-15-21(5)27)24-13-19(3)26(20(4)14-24)32-10-8-30-16-22(6)28/h11-14,21-22,27-28H,7-10,15-16H2,1-6H3. The van der Waals surface area contributed by atoms with Crippen molar-refractivity contribution in [3.63, 3.8) is 0 Å². The van der Waals surface area contributed by atoms with Gasteiger partial charge in [0.1, 0.15) is 24.7 Å². The average molecular weight is 447 g/mol. The van der Waals surface area contributed by atoms with Crippen LogP contribution < -0.4 is 9.47 Å². The van der Waals surface area contributed by atoms with Crippen LogP contribution in [-0.4, -0.2) is 62.1 Å². The summed E-state index contributed by atoms with van der Waals surface area (Å²) in [5.41, 5.74) is 6.55. The first-order valence-electron chi connectivity index (χ1n) is 11.2. The minimum atomic E-state index is -0.468. The third kappa shape index (κ3) is 8.10. The summed E-state index contributed by atoms with van der Waals surface area (Å²) in [6.45, 7) is 14.0. The molecule has 0 aromatic heterocycles. The van der Waals surface area contributed by atoms with Crippen molar-refractivity contribution in [2.75, 3.05) is 39.6 Å².